The van der Waals surface area contributed by atoms with Gasteiger partial charge >= 0.3 is 0 Å². The summed E-state index contributed by atoms with van der Waals surface area (Å²) in [6.45, 7) is 5.52. The fourth-order valence-electron chi connectivity index (χ4n) is 2.01. The number of hydrogen-bond donors (Lipinski definition) is 1. The molecule has 0 amide bonds. The predicted octanol–water partition coefficient (Wildman–Crippen LogP) is 2.63. The van der Waals surface area contributed by atoms with Gasteiger partial charge < -0.3 is 14.8 Å². The molecule has 1 aromatic rings. The Bertz CT molecular complexity index is 458. The van der Waals surface area contributed by atoms with E-state index >= 15 is 0 Å². The second-order valence-corrected chi connectivity index (χ2v) is 4.48. The summed E-state index contributed by atoms with van der Waals surface area (Å²) in [4.78, 5) is 10.6. The molecule has 6 heteroatoms. The van der Waals surface area contributed by atoms with E-state index in [-0.39, 0.29) is 16.7 Å². The fraction of sp³-hybridized carbons (Fsp3) is 0.538. The van der Waals surface area contributed by atoms with Crippen molar-refractivity contribution < 1.29 is 14.4 Å². The normalized spacial score (nSPS) is 12.5. The highest BCUT2D eigenvalue weighted by atomic mass is 16.7. The Kier molecular flexibility index (Phi) is 5.26. The van der Waals surface area contributed by atoms with Gasteiger partial charge in [0.1, 0.15) is 0 Å². The number of ether oxygens (including phenoxy) is 2. The number of nitrogens with one attached hydrogen (secondary N) is 1. The second kappa shape index (κ2) is 6.49. The highest BCUT2D eigenvalue weighted by molar-refractivity contribution is 5.60. The Hall–Kier alpha value is -1.66. The molecule has 1 rings (SSSR count). The molecule has 6 nitrogen and oxygen atoms in total. The van der Waals surface area contributed by atoms with Gasteiger partial charge in [-0.1, -0.05) is 0 Å². The van der Waals surface area contributed by atoms with Crippen molar-refractivity contribution in [1.29, 1.82) is 0 Å². The van der Waals surface area contributed by atoms with Crippen LogP contribution in [0.25, 0.3) is 0 Å². The largest absolute Gasteiger partial charge is 0.377 e. The quantitative estimate of drug-likeness (QED) is 0.487. The van der Waals surface area contributed by atoms with Gasteiger partial charge in [-0.15, -0.1) is 0 Å². The summed E-state index contributed by atoms with van der Waals surface area (Å²) in [5.74, 6) is 0. The molecule has 0 bridgehead atoms. The maximum atomic E-state index is 10.9. The summed E-state index contributed by atoms with van der Waals surface area (Å²) in [6, 6.07) is 3.21. The summed E-state index contributed by atoms with van der Waals surface area (Å²) >= 11 is 0. The molecule has 0 aliphatic carbocycles. The summed E-state index contributed by atoms with van der Waals surface area (Å²) in [6.07, 6.45) is -0.417. The van der Waals surface area contributed by atoms with Crippen molar-refractivity contribution >= 4 is 11.4 Å². The van der Waals surface area contributed by atoms with Gasteiger partial charge in [0.25, 0.3) is 5.69 Å². The number of nitro benzene ring substituents is 1. The zero-order chi connectivity index (χ0) is 14.6. The standard InChI is InChI=1S/C13H20N2O4/c1-8-6-9(2)12(15(16)17)7-11(8)14-10(3)13(18-4)19-5/h6-7,10,13-14H,1-5H3. The molecule has 1 atom stereocenters. The molecule has 1 N–H and O–H groups in total. The van der Waals surface area contributed by atoms with Crippen molar-refractivity contribution in [3.63, 3.8) is 0 Å². The lowest BCUT2D eigenvalue weighted by atomic mass is 10.1. The van der Waals surface area contributed by atoms with Crippen molar-refractivity contribution in [3.8, 4) is 0 Å². The molecular formula is C13H20N2O4. The van der Waals surface area contributed by atoms with Crippen molar-refractivity contribution in [2.24, 2.45) is 0 Å². The summed E-state index contributed by atoms with van der Waals surface area (Å²) < 4.78 is 10.3. The van der Waals surface area contributed by atoms with Crippen LogP contribution in [-0.4, -0.2) is 31.5 Å². The SMILES string of the molecule is COC(OC)C(C)Nc1cc([N+](=O)[O-])c(C)cc1C. The Labute approximate surface area is 112 Å². The molecule has 0 heterocycles. The van der Waals surface area contributed by atoms with E-state index in [2.05, 4.69) is 5.32 Å². The molecule has 0 aliphatic rings. The number of aryl methyl sites for hydroxylation is 2. The molecular weight excluding hydrogens is 248 g/mol. The molecule has 106 valence electrons. The second-order valence-electron chi connectivity index (χ2n) is 4.48. The van der Waals surface area contributed by atoms with E-state index in [0.717, 1.165) is 5.56 Å². The number of nitro groups is 1. The van der Waals surface area contributed by atoms with Crippen molar-refractivity contribution in [2.45, 2.75) is 33.1 Å². The Balaban J connectivity index is 3.01. The van der Waals surface area contributed by atoms with Gasteiger partial charge in [-0.2, -0.15) is 0 Å². The predicted molar refractivity (Wildman–Crippen MR) is 73.5 cm³/mol. The highest BCUT2D eigenvalue weighted by Gasteiger charge is 2.19. The molecule has 19 heavy (non-hydrogen) atoms. The van der Waals surface area contributed by atoms with Crippen molar-refractivity contribution in [1.82, 2.24) is 0 Å². The van der Waals surface area contributed by atoms with Gasteiger partial charge in [0.2, 0.25) is 0 Å². The van der Waals surface area contributed by atoms with E-state index in [1.54, 1.807) is 33.3 Å². The van der Waals surface area contributed by atoms with Crippen LogP contribution in [0, 0.1) is 24.0 Å². The van der Waals surface area contributed by atoms with Crippen LogP contribution in [0.4, 0.5) is 11.4 Å². The first kappa shape index (κ1) is 15.4. The molecule has 0 saturated heterocycles. The number of hydrogen-bond acceptors (Lipinski definition) is 5. The molecule has 1 unspecified atom stereocenters. The first-order valence-electron chi connectivity index (χ1n) is 5.98. The van der Waals surface area contributed by atoms with Crippen LogP contribution in [-0.2, 0) is 9.47 Å². The van der Waals surface area contributed by atoms with Crippen LogP contribution in [0.2, 0.25) is 0 Å². The third-order valence-corrected chi connectivity index (χ3v) is 3.00. The molecule has 0 aliphatic heterocycles. The zero-order valence-corrected chi connectivity index (χ0v) is 11.9. The Morgan fingerprint density at radius 2 is 1.79 bits per heavy atom. The topological polar surface area (TPSA) is 73.6 Å². The number of anilines is 1. The Morgan fingerprint density at radius 3 is 2.26 bits per heavy atom. The van der Waals surface area contributed by atoms with Gasteiger partial charge in [0.05, 0.1) is 11.0 Å². The molecule has 0 saturated carbocycles. The lowest BCUT2D eigenvalue weighted by molar-refractivity contribution is -0.385. The molecule has 0 spiro atoms. The lowest BCUT2D eigenvalue weighted by Crippen LogP contribution is -2.34. The van der Waals surface area contributed by atoms with Crippen LogP contribution in [0.3, 0.4) is 0 Å². The van der Waals surface area contributed by atoms with Crippen LogP contribution in [0.15, 0.2) is 12.1 Å². The number of rotatable bonds is 6. The van der Waals surface area contributed by atoms with Crippen LogP contribution >= 0.6 is 0 Å². The van der Waals surface area contributed by atoms with E-state index in [1.165, 1.54) is 0 Å². The number of benzene rings is 1. The first-order chi connectivity index (χ1) is 8.90. The van der Waals surface area contributed by atoms with Crippen LogP contribution in [0.5, 0.6) is 0 Å². The van der Waals surface area contributed by atoms with E-state index < -0.39 is 6.29 Å². The fourth-order valence-corrected chi connectivity index (χ4v) is 2.01. The smallest absolute Gasteiger partial charge is 0.274 e. The van der Waals surface area contributed by atoms with E-state index in [1.807, 2.05) is 13.8 Å². The lowest BCUT2D eigenvalue weighted by Gasteiger charge is -2.24. The van der Waals surface area contributed by atoms with Crippen molar-refractivity contribution in [3.05, 3.63) is 33.4 Å². The monoisotopic (exact) mass is 268 g/mol. The third kappa shape index (κ3) is 3.65. The first-order valence-corrected chi connectivity index (χ1v) is 5.98. The summed E-state index contributed by atoms with van der Waals surface area (Å²) in [7, 11) is 3.10. The maximum Gasteiger partial charge on any atom is 0.274 e. The average Bonchev–Trinajstić information content (AvgIpc) is 2.33. The summed E-state index contributed by atoms with van der Waals surface area (Å²) in [5.41, 5.74) is 2.41. The van der Waals surface area contributed by atoms with Crippen LogP contribution in [0.1, 0.15) is 18.1 Å². The average molecular weight is 268 g/mol. The Morgan fingerprint density at radius 1 is 1.21 bits per heavy atom. The maximum absolute atomic E-state index is 10.9. The van der Waals surface area contributed by atoms with Gasteiger partial charge in [0, 0.05) is 31.5 Å². The van der Waals surface area contributed by atoms with Crippen LogP contribution < -0.4 is 5.32 Å². The number of methoxy groups -OCH3 is 2. The third-order valence-electron chi connectivity index (χ3n) is 3.00. The highest BCUT2D eigenvalue weighted by Crippen LogP contribution is 2.27. The van der Waals surface area contributed by atoms with Crippen molar-refractivity contribution in [2.75, 3.05) is 19.5 Å². The summed E-state index contributed by atoms with van der Waals surface area (Å²) in [5, 5.41) is 14.1. The molecule has 0 aromatic heterocycles. The van der Waals surface area contributed by atoms with E-state index in [4.69, 9.17) is 9.47 Å². The van der Waals surface area contributed by atoms with Gasteiger partial charge in [-0.25, -0.2) is 0 Å². The van der Waals surface area contributed by atoms with E-state index in [9.17, 15) is 10.1 Å². The van der Waals surface area contributed by atoms with Gasteiger partial charge in [-0.3, -0.25) is 10.1 Å². The van der Waals surface area contributed by atoms with Gasteiger partial charge in [-0.05, 0) is 32.4 Å². The zero-order valence-electron chi connectivity index (χ0n) is 11.9. The molecule has 1 aromatic carbocycles. The minimum absolute atomic E-state index is 0.103. The van der Waals surface area contributed by atoms with E-state index in [0.29, 0.717) is 11.3 Å². The van der Waals surface area contributed by atoms with Gasteiger partial charge in [0.15, 0.2) is 6.29 Å². The molecule has 0 radical (unpaired) electrons. The number of nitrogens with zero attached hydrogens (tertiary/aromatic N) is 1. The minimum Gasteiger partial charge on any atom is -0.377 e. The minimum atomic E-state index is -0.417. The molecule has 0 fully saturated rings.